The highest BCUT2D eigenvalue weighted by molar-refractivity contribution is 6.42. The van der Waals surface area contributed by atoms with Crippen LogP contribution in [0.1, 0.15) is 25.3 Å². The zero-order valence-corrected chi connectivity index (χ0v) is 19.0. The van der Waals surface area contributed by atoms with Crippen molar-refractivity contribution < 1.29 is 23.8 Å². The van der Waals surface area contributed by atoms with E-state index in [1.807, 2.05) is 7.05 Å². The minimum atomic E-state index is -0.855. The van der Waals surface area contributed by atoms with Crippen molar-refractivity contribution in [3.05, 3.63) is 45.1 Å². The number of esters is 2. The van der Waals surface area contributed by atoms with Crippen molar-refractivity contribution in [1.29, 1.82) is 0 Å². The molecule has 9 heteroatoms. The number of halogens is 2. The van der Waals surface area contributed by atoms with Gasteiger partial charge in [-0.05, 0) is 32.5 Å². The van der Waals surface area contributed by atoms with Crippen LogP contribution in [0.2, 0.25) is 10.0 Å². The topological polar surface area (TPSA) is 86.2 Å². The Morgan fingerprint density at radius 2 is 2.00 bits per heavy atom. The zero-order valence-electron chi connectivity index (χ0n) is 17.5. The molecule has 0 saturated carbocycles. The third-order valence-corrected chi connectivity index (χ3v) is 5.55. The van der Waals surface area contributed by atoms with Crippen molar-refractivity contribution in [3.8, 4) is 0 Å². The van der Waals surface area contributed by atoms with E-state index in [1.165, 1.54) is 7.11 Å². The van der Waals surface area contributed by atoms with Crippen LogP contribution in [0.5, 0.6) is 0 Å². The summed E-state index contributed by atoms with van der Waals surface area (Å²) in [6.45, 7) is 4.72. The predicted molar refractivity (Wildman–Crippen MR) is 116 cm³/mol. The quantitative estimate of drug-likeness (QED) is 0.452. The molecule has 1 aromatic rings. The molecule has 30 heavy (non-hydrogen) atoms. The smallest absolute Gasteiger partial charge is 0.336 e. The third-order valence-electron chi connectivity index (χ3n) is 4.72. The monoisotopic (exact) mass is 456 g/mol. The van der Waals surface area contributed by atoms with Crippen LogP contribution in [0.15, 0.2) is 34.5 Å². The molecule has 1 heterocycles. The van der Waals surface area contributed by atoms with Crippen LogP contribution in [0.25, 0.3) is 0 Å². The Bertz CT molecular complexity index is 854. The molecule has 1 aromatic carbocycles. The number of methoxy groups -OCH3 is 1. The summed E-state index contributed by atoms with van der Waals surface area (Å²) in [4.78, 5) is 30.2. The van der Waals surface area contributed by atoms with Gasteiger partial charge in [0.1, 0.15) is 5.92 Å². The molecule has 2 unspecified atom stereocenters. The molecule has 2 atom stereocenters. The molecule has 7 nitrogen and oxygen atoms in total. The van der Waals surface area contributed by atoms with E-state index in [0.717, 1.165) is 0 Å². The van der Waals surface area contributed by atoms with E-state index >= 15 is 0 Å². The van der Waals surface area contributed by atoms with E-state index in [0.29, 0.717) is 35.1 Å². The Morgan fingerprint density at radius 3 is 2.63 bits per heavy atom. The van der Waals surface area contributed by atoms with Crippen LogP contribution in [-0.4, -0.2) is 58.2 Å². The molecule has 0 aromatic heterocycles. The van der Waals surface area contributed by atoms with Crippen LogP contribution in [0, 0.1) is 5.92 Å². The maximum atomic E-state index is 13.0. The Labute approximate surface area is 186 Å². The minimum absolute atomic E-state index is 0.0791. The molecule has 2 rings (SSSR count). The van der Waals surface area contributed by atoms with Crippen LogP contribution in [0.3, 0.4) is 0 Å². The average Bonchev–Trinajstić information content (AvgIpc) is 2.72. The second-order valence-corrected chi connectivity index (χ2v) is 7.40. The Balaban J connectivity index is 2.67. The Hall–Kier alpha value is -1.93. The van der Waals surface area contributed by atoms with Crippen molar-refractivity contribution in [3.63, 3.8) is 0 Å². The fraction of sp³-hybridized carbons (Fsp3) is 0.476. The molecule has 0 saturated heterocycles. The molecule has 0 aliphatic carbocycles. The van der Waals surface area contributed by atoms with Gasteiger partial charge < -0.3 is 19.5 Å². The predicted octanol–water partition coefficient (Wildman–Crippen LogP) is 3.39. The summed E-state index contributed by atoms with van der Waals surface area (Å²) in [5, 5.41) is 3.55. The number of benzene rings is 1. The lowest BCUT2D eigenvalue weighted by atomic mass is 9.75. The average molecular weight is 457 g/mol. The van der Waals surface area contributed by atoms with E-state index in [1.54, 1.807) is 32.0 Å². The first-order valence-electron chi connectivity index (χ1n) is 9.56. The number of rotatable bonds is 9. The summed E-state index contributed by atoms with van der Waals surface area (Å²) >= 11 is 12.7. The number of nitrogens with zero attached hydrogens (tertiary/aromatic N) is 1. The molecule has 0 bridgehead atoms. The highest BCUT2D eigenvalue weighted by Gasteiger charge is 2.44. The van der Waals surface area contributed by atoms with Crippen molar-refractivity contribution in [2.24, 2.45) is 10.9 Å². The van der Waals surface area contributed by atoms with Gasteiger partial charge in [-0.15, -0.1) is 0 Å². The number of nitrogens with one attached hydrogen (secondary N) is 1. The number of hydrogen-bond acceptors (Lipinski definition) is 7. The molecule has 164 valence electrons. The van der Waals surface area contributed by atoms with Gasteiger partial charge in [0.15, 0.2) is 0 Å². The lowest BCUT2D eigenvalue weighted by Crippen LogP contribution is -2.37. The third kappa shape index (κ3) is 5.40. The Morgan fingerprint density at radius 1 is 1.27 bits per heavy atom. The van der Waals surface area contributed by atoms with Gasteiger partial charge in [0, 0.05) is 18.2 Å². The van der Waals surface area contributed by atoms with Gasteiger partial charge >= 0.3 is 11.9 Å². The maximum absolute atomic E-state index is 13.0. The lowest BCUT2D eigenvalue weighted by Gasteiger charge is -2.32. The van der Waals surface area contributed by atoms with Crippen LogP contribution >= 0.6 is 23.2 Å². The van der Waals surface area contributed by atoms with E-state index in [4.69, 9.17) is 37.4 Å². The van der Waals surface area contributed by atoms with Gasteiger partial charge in [-0.2, -0.15) is 0 Å². The van der Waals surface area contributed by atoms with Gasteiger partial charge in [0.25, 0.3) is 0 Å². The van der Waals surface area contributed by atoms with Gasteiger partial charge in [-0.25, -0.2) is 4.79 Å². The SMILES string of the molecule is CCOC(=O)C1=C(COCCNC)N=C(C)C(C(=O)OC)C1c1cccc(Cl)c1Cl. The van der Waals surface area contributed by atoms with Crippen LogP contribution < -0.4 is 5.32 Å². The second kappa shape index (κ2) is 11.5. The van der Waals surface area contributed by atoms with Crippen LogP contribution in [-0.2, 0) is 23.8 Å². The van der Waals surface area contributed by atoms with E-state index < -0.39 is 23.8 Å². The number of carbonyl (C=O) groups excluding carboxylic acids is 2. The number of aliphatic imine (C=N–C) groups is 1. The van der Waals surface area contributed by atoms with Gasteiger partial charge in [0.05, 0.1) is 48.2 Å². The van der Waals surface area contributed by atoms with E-state index in [2.05, 4.69) is 10.3 Å². The number of hydrogen-bond donors (Lipinski definition) is 1. The largest absolute Gasteiger partial charge is 0.468 e. The number of likely N-dealkylation sites (N-methyl/N-ethyl adjacent to an activating group) is 1. The van der Waals surface area contributed by atoms with Crippen molar-refractivity contribution in [2.45, 2.75) is 19.8 Å². The molecule has 0 fully saturated rings. The van der Waals surface area contributed by atoms with E-state index in [-0.39, 0.29) is 23.8 Å². The molecule has 1 N–H and O–H groups in total. The zero-order chi connectivity index (χ0) is 22.3. The maximum Gasteiger partial charge on any atom is 0.336 e. The number of carbonyl (C=O) groups is 2. The van der Waals surface area contributed by atoms with Gasteiger partial charge in [-0.3, -0.25) is 9.79 Å². The first-order valence-corrected chi connectivity index (χ1v) is 10.3. The molecular weight excluding hydrogens is 431 g/mol. The highest BCUT2D eigenvalue weighted by Crippen LogP contribution is 2.44. The van der Waals surface area contributed by atoms with Gasteiger partial charge in [0.2, 0.25) is 0 Å². The number of ether oxygens (including phenoxy) is 3. The second-order valence-electron chi connectivity index (χ2n) is 6.61. The van der Waals surface area contributed by atoms with Crippen molar-refractivity contribution >= 4 is 40.9 Å². The summed E-state index contributed by atoms with van der Waals surface area (Å²) in [6.07, 6.45) is 0. The molecular formula is C21H26Cl2N2O5. The molecule has 0 radical (unpaired) electrons. The van der Waals surface area contributed by atoms with E-state index in [9.17, 15) is 9.59 Å². The lowest BCUT2D eigenvalue weighted by molar-refractivity contribution is -0.144. The Kier molecular flexibility index (Phi) is 9.30. The fourth-order valence-electron chi connectivity index (χ4n) is 3.37. The van der Waals surface area contributed by atoms with Crippen molar-refractivity contribution in [1.82, 2.24) is 5.32 Å². The summed E-state index contributed by atoms with van der Waals surface area (Å²) in [7, 11) is 3.10. The normalized spacial score (nSPS) is 18.8. The van der Waals surface area contributed by atoms with Gasteiger partial charge in [-0.1, -0.05) is 35.3 Å². The fourth-order valence-corrected chi connectivity index (χ4v) is 3.79. The summed E-state index contributed by atoms with van der Waals surface area (Å²) in [6, 6.07) is 5.08. The molecule has 1 aliphatic heterocycles. The first-order chi connectivity index (χ1) is 14.4. The molecule has 1 aliphatic rings. The molecule has 0 amide bonds. The summed E-state index contributed by atoms with van der Waals surface area (Å²) < 4.78 is 16.0. The minimum Gasteiger partial charge on any atom is -0.468 e. The van der Waals surface area contributed by atoms with Crippen LogP contribution in [0.4, 0.5) is 0 Å². The highest BCUT2D eigenvalue weighted by atomic mass is 35.5. The molecule has 0 spiro atoms. The standard InChI is InChI=1S/C21H26Cl2N2O5/c1-5-30-21(27)18-15(11-29-10-9-24-3)25-12(2)16(20(26)28-4)17(18)13-7-6-8-14(22)19(13)23/h6-8,16-17,24H,5,9-11H2,1-4H3. The van der Waals surface area contributed by atoms with Crippen molar-refractivity contribution in [2.75, 3.05) is 40.5 Å². The first kappa shape index (κ1) is 24.3. The summed E-state index contributed by atoms with van der Waals surface area (Å²) in [5.41, 5.74) is 1.61. The summed E-state index contributed by atoms with van der Waals surface area (Å²) in [5.74, 6) is -2.75.